The summed E-state index contributed by atoms with van der Waals surface area (Å²) in [5, 5.41) is 5.45. The van der Waals surface area contributed by atoms with Gasteiger partial charge in [0, 0.05) is 19.0 Å². The predicted octanol–water partition coefficient (Wildman–Crippen LogP) is 2.71. The van der Waals surface area contributed by atoms with E-state index in [1.165, 1.54) is 13.0 Å². The van der Waals surface area contributed by atoms with Gasteiger partial charge in [-0.2, -0.15) is 0 Å². The average Bonchev–Trinajstić information content (AvgIpc) is 2.54. The molecule has 0 saturated carbocycles. The number of carbonyl (C=O) groups is 2. The SMILES string of the molecule is CC(=O)N[C@@H](CC(=O)NCc1ccccc1F)c1ccccc1. The van der Waals surface area contributed by atoms with Crippen LogP contribution >= 0.6 is 0 Å². The highest BCUT2D eigenvalue weighted by Gasteiger charge is 2.17. The molecule has 2 aromatic rings. The van der Waals surface area contributed by atoms with Gasteiger partial charge in [0.05, 0.1) is 12.5 Å². The minimum atomic E-state index is -0.408. The van der Waals surface area contributed by atoms with Crippen molar-refractivity contribution in [2.24, 2.45) is 0 Å². The maximum atomic E-state index is 13.5. The van der Waals surface area contributed by atoms with E-state index in [4.69, 9.17) is 0 Å². The molecule has 2 rings (SSSR count). The molecule has 0 aliphatic rings. The van der Waals surface area contributed by atoms with Gasteiger partial charge in [-0.3, -0.25) is 9.59 Å². The summed E-state index contributed by atoms with van der Waals surface area (Å²) in [6.45, 7) is 1.53. The summed E-state index contributed by atoms with van der Waals surface area (Å²) >= 11 is 0. The molecule has 0 unspecified atom stereocenters. The molecule has 0 saturated heterocycles. The lowest BCUT2D eigenvalue weighted by Gasteiger charge is -2.18. The summed E-state index contributed by atoms with van der Waals surface area (Å²) < 4.78 is 13.5. The maximum absolute atomic E-state index is 13.5. The Bertz CT molecular complexity index is 674. The molecule has 0 spiro atoms. The van der Waals surface area contributed by atoms with E-state index in [0.29, 0.717) is 5.56 Å². The molecule has 4 nitrogen and oxygen atoms in total. The molecule has 0 radical (unpaired) electrons. The van der Waals surface area contributed by atoms with E-state index in [9.17, 15) is 14.0 Å². The van der Waals surface area contributed by atoms with Crippen molar-refractivity contribution in [3.05, 3.63) is 71.5 Å². The fraction of sp³-hybridized carbons (Fsp3) is 0.222. The van der Waals surface area contributed by atoms with Gasteiger partial charge in [-0.05, 0) is 11.6 Å². The van der Waals surface area contributed by atoms with Crippen LogP contribution < -0.4 is 10.6 Å². The summed E-state index contributed by atoms with van der Waals surface area (Å²) in [6.07, 6.45) is 0.0953. The normalized spacial score (nSPS) is 11.6. The third kappa shape index (κ3) is 5.21. The van der Waals surface area contributed by atoms with Crippen LogP contribution in [0.15, 0.2) is 54.6 Å². The van der Waals surface area contributed by atoms with E-state index < -0.39 is 6.04 Å². The first-order valence-corrected chi connectivity index (χ1v) is 7.38. The van der Waals surface area contributed by atoms with E-state index >= 15 is 0 Å². The molecule has 0 fully saturated rings. The molecule has 5 heteroatoms. The monoisotopic (exact) mass is 314 g/mol. The van der Waals surface area contributed by atoms with Gasteiger partial charge < -0.3 is 10.6 Å². The van der Waals surface area contributed by atoms with Crippen LogP contribution in [0.1, 0.15) is 30.5 Å². The molecule has 0 aliphatic heterocycles. The zero-order valence-electron chi connectivity index (χ0n) is 12.9. The number of nitrogens with one attached hydrogen (secondary N) is 2. The zero-order valence-corrected chi connectivity index (χ0v) is 12.9. The van der Waals surface area contributed by atoms with E-state index in [0.717, 1.165) is 5.56 Å². The number of rotatable bonds is 6. The van der Waals surface area contributed by atoms with Gasteiger partial charge in [-0.1, -0.05) is 48.5 Å². The highest BCUT2D eigenvalue weighted by Crippen LogP contribution is 2.16. The minimum Gasteiger partial charge on any atom is -0.352 e. The molecule has 1 atom stereocenters. The molecule has 0 aliphatic carbocycles. The first-order valence-electron chi connectivity index (χ1n) is 7.38. The Morgan fingerprint density at radius 1 is 1.04 bits per heavy atom. The largest absolute Gasteiger partial charge is 0.352 e. The lowest BCUT2D eigenvalue weighted by molar-refractivity contribution is -0.122. The number of carbonyl (C=O) groups excluding carboxylic acids is 2. The van der Waals surface area contributed by atoms with Gasteiger partial charge in [0.15, 0.2) is 0 Å². The fourth-order valence-corrected chi connectivity index (χ4v) is 2.28. The summed E-state index contributed by atoms with van der Waals surface area (Å²) in [4.78, 5) is 23.4. The molecule has 23 heavy (non-hydrogen) atoms. The first-order chi connectivity index (χ1) is 11.1. The number of benzene rings is 2. The van der Waals surface area contributed by atoms with Crippen molar-refractivity contribution in [1.29, 1.82) is 0 Å². The van der Waals surface area contributed by atoms with Crippen LogP contribution in [0.4, 0.5) is 4.39 Å². The van der Waals surface area contributed by atoms with Crippen molar-refractivity contribution in [1.82, 2.24) is 10.6 Å². The van der Waals surface area contributed by atoms with Crippen LogP contribution in [-0.2, 0) is 16.1 Å². The summed E-state index contributed by atoms with van der Waals surface area (Å²) in [7, 11) is 0. The van der Waals surface area contributed by atoms with E-state index in [-0.39, 0.29) is 30.6 Å². The van der Waals surface area contributed by atoms with E-state index in [2.05, 4.69) is 10.6 Å². The molecule has 0 heterocycles. The van der Waals surface area contributed by atoms with Crippen molar-refractivity contribution in [2.45, 2.75) is 25.9 Å². The maximum Gasteiger partial charge on any atom is 0.222 e. The fourth-order valence-electron chi connectivity index (χ4n) is 2.28. The van der Waals surface area contributed by atoms with Gasteiger partial charge in [0.2, 0.25) is 11.8 Å². The molecule has 2 N–H and O–H groups in total. The van der Waals surface area contributed by atoms with Crippen molar-refractivity contribution < 1.29 is 14.0 Å². The smallest absolute Gasteiger partial charge is 0.222 e. The van der Waals surface area contributed by atoms with Gasteiger partial charge in [0.1, 0.15) is 5.82 Å². The lowest BCUT2D eigenvalue weighted by Crippen LogP contribution is -2.32. The number of hydrogen-bond donors (Lipinski definition) is 2. The van der Waals surface area contributed by atoms with E-state index in [1.54, 1.807) is 18.2 Å². The molecule has 2 aromatic carbocycles. The third-order valence-electron chi connectivity index (χ3n) is 3.40. The standard InChI is InChI=1S/C18H19FN2O2/c1-13(22)21-17(14-7-3-2-4-8-14)11-18(23)20-12-15-9-5-6-10-16(15)19/h2-10,17H,11-12H2,1H3,(H,20,23)(H,21,22)/t17-/m0/s1. The Hall–Kier alpha value is -2.69. The molecule has 0 bridgehead atoms. The van der Waals surface area contributed by atoms with Gasteiger partial charge in [-0.15, -0.1) is 0 Å². The third-order valence-corrected chi connectivity index (χ3v) is 3.40. The molecule has 0 aromatic heterocycles. The van der Waals surface area contributed by atoms with E-state index in [1.807, 2.05) is 30.3 Å². The van der Waals surface area contributed by atoms with Crippen LogP contribution in [0.5, 0.6) is 0 Å². The predicted molar refractivity (Wildman–Crippen MR) is 85.9 cm³/mol. The van der Waals surface area contributed by atoms with Crippen LogP contribution in [-0.4, -0.2) is 11.8 Å². The number of hydrogen-bond acceptors (Lipinski definition) is 2. The summed E-state index contributed by atoms with van der Waals surface area (Å²) in [5.74, 6) is -0.814. The summed E-state index contributed by atoms with van der Waals surface area (Å²) in [6, 6.07) is 15.2. The topological polar surface area (TPSA) is 58.2 Å². The lowest BCUT2D eigenvalue weighted by atomic mass is 10.0. The number of amides is 2. The molecule has 2 amide bonds. The summed E-state index contributed by atoms with van der Waals surface area (Å²) in [5.41, 5.74) is 1.28. The van der Waals surface area contributed by atoms with Crippen LogP contribution in [0.25, 0.3) is 0 Å². The zero-order chi connectivity index (χ0) is 16.7. The van der Waals surface area contributed by atoms with Gasteiger partial charge in [0.25, 0.3) is 0 Å². The molecular formula is C18H19FN2O2. The van der Waals surface area contributed by atoms with Crippen LogP contribution in [0.2, 0.25) is 0 Å². The number of halogens is 1. The van der Waals surface area contributed by atoms with Crippen LogP contribution in [0.3, 0.4) is 0 Å². The highest BCUT2D eigenvalue weighted by atomic mass is 19.1. The van der Waals surface area contributed by atoms with Gasteiger partial charge >= 0.3 is 0 Å². The Kier molecular flexibility index (Phi) is 5.86. The second kappa shape index (κ2) is 8.08. The molecule has 120 valence electrons. The Morgan fingerprint density at radius 3 is 2.35 bits per heavy atom. The quantitative estimate of drug-likeness (QED) is 0.861. The molecular weight excluding hydrogens is 295 g/mol. The second-order valence-electron chi connectivity index (χ2n) is 5.24. The highest BCUT2D eigenvalue weighted by molar-refractivity contribution is 5.79. The van der Waals surface area contributed by atoms with Crippen molar-refractivity contribution in [2.75, 3.05) is 0 Å². The van der Waals surface area contributed by atoms with Crippen molar-refractivity contribution in [3.63, 3.8) is 0 Å². The first kappa shape index (κ1) is 16.7. The minimum absolute atomic E-state index is 0.0953. The van der Waals surface area contributed by atoms with Gasteiger partial charge in [-0.25, -0.2) is 4.39 Å². The Balaban J connectivity index is 1.98. The second-order valence-corrected chi connectivity index (χ2v) is 5.24. The van der Waals surface area contributed by atoms with Crippen LogP contribution in [0, 0.1) is 5.82 Å². The van der Waals surface area contributed by atoms with Crippen molar-refractivity contribution in [3.8, 4) is 0 Å². The Labute approximate surface area is 134 Å². The Morgan fingerprint density at radius 2 is 1.70 bits per heavy atom. The van der Waals surface area contributed by atoms with Crippen molar-refractivity contribution >= 4 is 11.8 Å². The average molecular weight is 314 g/mol.